The topological polar surface area (TPSA) is 93.4 Å². The largest absolute Gasteiger partial charge is 0.375 e. The first-order chi connectivity index (χ1) is 14.6. The van der Waals surface area contributed by atoms with Crippen molar-refractivity contribution in [1.29, 1.82) is 0 Å². The zero-order valence-corrected chi connectivity index (χ0v) is 16.5. The van der Waals surface area contributed by atoms with E-state index in [2.05, 4.69) is 25.3 Å². The van der Waals surface area contributed by atoms with Crippen molar-refractivity contribution in [3.63, 3.8) is 0 Å². The minimum Gasteiger partial charge on any atom is -0.375 e. The smallest absolute Gasteiger partial charge is 0.251 e. The number of pyridine rings is 1. The van der Waals surface area contributed by atoms with Gasteiger partial charge in [-0.15, -0.1) is 0 Å². The second-order valence-corrected chi connectivity index (χ2v) is 7.12. The number of hydrogen-bond acceptors (Lipinski definition) is 7. The fourth-order valence-electron chi connectivity index (χ4n) is 3.52. The number of aromatic nitrogens is 3. The monoisotopic (exact) mass is 411 g/mol. The number of halogens is 1. The van der Waals surface area contributed by atoms with Crippen LogP contribution in [-0.2, 0) is 16.1 Å². The Kier molecular flexibility index (Phi) is 6.10. The molecule has 1 aliphatic rings. The maximum Gasteiger partial charge on any atom is 0.251 e. The number of benzene rings is 1. The summed E-state index contributed by atoms with van der Waals surface area (Å²) in [6, 6.07) is 10.0. The van der Waals surface area contributed by atoms with Crippen molar-refractivity contribution in [3.05, 3.63) is 59.9 Å². The molecule has 1 aliphatic heterocycles. The average molecular weight is 411 g/mol. The highest BCUT2D eigenvalue weighted by Gasteiger charge is 2.30. The fourth-order valence-corrected chi connectivity index (χ4v) is 3.52. The Labute approximate surface area is 173 Å². The summed E-state index contributed by atoms with van der Waals surface area (Å²) in [5, 5.41) is 6.73. The zero-order chi connectivity index (χ0) is 20.9. The van der Waals surface area contributed by atoms with Gasteiger partial charge in [0.15, 0.2) is 0 Å². The lowest BCUT2D eigenvalue weighted by Crippen LogP contribution is -2.23. The van der Waals surface area contributed by atoms with Crippen molar-refractivity contribution in [3.8, 4) is 11.4 Å². The lowest BCUT2D eigenvalue weighted by molar-refractivity contribution is -0.119. The van der Waals surface area contributed by atoms with Crippen molar-refractivity contribution in [1.82, 2.24) is 20.0 Å². The molecule has 1 aromatic carbocycles. The van der Waals surface area contributed by atoms with Crippen LogP contribution >= 0.6 is 0 Å². The summed E-state index contributed by atoms with van der Waals surface area (Å²) in [7, 11) is 1.45. The molecule has 2 aromatic heterocycles. The number of ether oxygens (including phenoxy) is 1. The van der Waals surface area contributed by atoms with E-state index >= 15 is 0 Å². The van der Waals surface area contributed by atoms with E-state index in [0.717, 1.165) is 24.9 Å². The van der Waals surface area contributed by atoms with Gasteiger partial charge in [0, 0.05) is 25.4 Å². The molecule has 3 aromatic rings. The fraction of sp³-hybridized carbons (Fsp3) is 0.333. The van der Waals surface area contributed by atoms with Crippen LogP contribution in [0.25, 0.3) is 11.4 Å². The molecule has 3 heterocycles. The van der Waals surface area contributed by atoms with Crippen LogP contribution in [0.1, 0.15) is 30.3 Å². The van der Waals surface area contributed by atoms with Gasteiger partial charge in [-0.2, -0.15) is 4.98 Å². The Morgan fingerprint density at radius 3 is 2.87 bits per heavy atom. The van der Waals surface area contributed by atoms with Crippen molar-refractivity contribution in [2.24, 2.45) is 0 Å². The van der Waals surface area contributed by atoms with Gasteiger partial charge in [-0.3, -0.25) is 9.69 Å². The van der Waals surface area contributed by atoms with Crippen LogP contribution in [-0.4, -0.2) is 46.2 Å². The summed E-state index contributed by atoms with van der Waals surface area (Å²) in [6.07, 6.45) is 3.54. The van der Waals surface area contributed by atoms with Crippen LogP contribution in [0.2, 0.25) is 0 Å². The van der Waals surface area contributed by atoms with E-state index in [0.29, 0.717) is 29.6 Å². The van der Waals surface area contributed by atoms with E-state index in [-0.39, 0.29) is 24.4 Å². The molecule has 0 saturated carbocycles. The molecule has 1 fully saturated rings. The summed E-state index contributed by atoms with van der Waals surface area (Å²) in [5.74, 6) is 0.909. The van der Waals surface area contributed by atoms with Gasteiger partial charge in [0.2, 0.25) is 11.7 Å². The lowest BCUT2D eigenvalue weighted by atomic mass is 10.1. The van der Waals surface area contributed by atoms with Gasteiger partial charge in [0.1, 0.15) is 18.2 Å². The van der Waals surface area contributed by atoms with Gasteiger partial charge in [0.05, 0.1) is 6.04 Å². The molecule has 0 radical (unpaired) electrons. The molecule has 0 bridgehead atoms. The quantitative estimate of drug-likeness (QED) is 0.638. The molecule has 156 valence electrons. The molecule has 4 rings (SSSR count). The van der Waals surface area contributed by atoms with Gasteiger partial charge in [0.25, 0.3) is 5.91 Å². The van der Waals surface area contributed by atoms with Crippen molar-refractivity contribution in [2.75, 3.05) is 25.6 Å². The second kappa shape index (κ2) is 9.10. The third-order valence-corrected chi connectivity index (χ3v) is 4.95. The van der Waals surface area contributed by atoms with Gasteiger partial charge in [-0.1, -0.05) is 17.3 Å². The molecular formula is C21H22FN5O3. The molecular weight excluding hydrogens is 389 g/mol. The highest BCUT2D eigenvalue weighted by atomic mass is 19.1. The van der Waals surface area contributed by atoms with E-state index < -0.39 is 0 Å². The second-order valence-electron chi connectivity index (χ2n) is 7.12. The average Bonchev–Trinajstić information content (AvgIpc) is 3.40. The molecule has 1 atom stereocenters. The third kappa shape index (κ3) is 4.69. The van der Waals surface area contributed by atoms with Crippen LogP contribution in [0.15, 0.2) is 47.1 Å². The summed E-state index contributed by atoms with van der Waals surface area (Å²) in [6.45, 7) is 1.57. The van der Waals surface area contributed by atoms with E-state index in [1.54, 1.807) is 30.5 Å². The van der Waals surface area contributed by atoms with E-state index in [1.165, 1.54) is 19.2 Å². The van der Waals surface area contributed by atoms with Crippen LogP contribution in [0.5, 0.6) is 0 Å². The molecule has 0 unspecified atom stereocenters. The number of anilines is 1. The predicted molar refractivity (Wildman–Crippen MR) is 107 cm³/mol. The number of hydrogen-bond donors (Lipinski definition) is 1. The Balaban J connectivity index is 1.44. The maximum absolute atomic E-state index is 13.1. The minimum absolute atomic E-state index is 0.0249. The van der Waals surface area contributed by atoms with Gasteiger partial charge >= 0.3 is 0 Å². The van der Waals surface area contributed by atoms with E-state index in [9.17, 15) is 9.18 Å². The molecule has 8 nitrogen and oxygen atoms in total. The summed E-state index contributed by atoms with van der Waals surface area (Å²) < 4.78 is 23.5. The number of nitrogens with one attached hydrogen (secondary N) is 1. The van der Waals surface area contributed by atoms with Gasteiger partial charge in [-0.05, 0) is 49.2 Å². The Morgan fingerprint density at radius 2 is 2.13 bits per heavy atom. The number of methoxy groups -OCH3 is 1. The van der Waals surface area contributed by atoms with E-state index in [1.807, 2.05) is 0 Å². The first-order valence-electron chi connectivity index (χ1n) is 9.69. The van der Waals surface area contributed by atoms with Crippen LogP contribution < -0.4 is 5.32 Å². The molecule has 30 heavy (non-hydrogen) atoms. The van der Waals surface area contributed by atoms with Crippen molar-refractivity contribution in [2.45, 2.75) is 25.4 Å². The Bertz CT molecular complexity index is 991. The predicted octanol–water partition coefficient (Wildman–Crippen LogP) is 3.19. The summed E-state index contributed by atoms with van der Waals surface area (Å²) in [5.41, 5.74) is 1.73. The lowest BCUT2D eigenvalue weighted by Gasteiger charge is -2.21. The number of nitrogens with zero attached hydrogens (tertiary/aromatic N) is 4. The first kappa shape index (κ1) is 20.1. The zero-order valence-electron chi connectivity index (χ0n) is 16.5. The summed E-state index contributed by atoms with van der Waals surface area (Å²) in [4.78, 5) is 22.6. The molecule has 9 heteroatoms. The number of rotatable bonds is 7. The van der Waals surface area contributed by atoms with E-state index in [4.69, 9.17) is 9.26 Å². The Morgan fingerprint density at radius 1 is 1.30 bits per heavy atom. The van der Waals surface area contributed by atoms with Crippen LogP contribution in [0.3, 0.4) is 0 Å². The highest BCUT2D eigenvalue weighted by molar-refractivity contribution is 5.90. The minimum atomic E-state index is -0.276. The van der Waals surface area contributed by atoms with Gasteiger partial charge < -0.3 is 14.6 Å². The van der Waals surface area contributed by atoms with Crippen LogP contribution in [0.4, 0.5) is 10.2 Å². The van der Waals surface area contributed by atoms with Gasteiger partial charge in [-0.25, -0.2) is 9.37 Å². The maximum atomic E-state index is 13.1. The third-order valence-electron chi connectivity index (χ3n) is 4.95. The SMILES string of the molecule is COCC(=O)Nc1ccc(-c2noc([C@H]3CCCN3Cc3ccc(F)cc3)n2)cn1. The molecule has 1 N–H and O–H groups in total. The number of amides is 1. The van der Waals surface area contributed by atoms with Crippen molar-refractivity contribution >= 4 is 11.7 Å². The van der Waals surface area contributed by atoms with Crippen LogP contribution in [0, 0.1) is 5.82 Å². The number of carbonyl (C=O) groups is 1. The number of likely N-dealkylation sites (tertiary alicyclic amines) is 1. The highest BCUT2D eigenvalue weighted by Crippen LogP contribution is 2.33. The molecule has 0 spiro atoms. The normalized spacial score (nSPS) is 16.7. The molecule has 1 amide bonds. The number of carbonyl (C=O) groups excluding carboxylic acids is 1. The molecule has 0 aliphatic carbocycles. The summed E-state index contributed by atoms with van der Waals surface area (Å²) >= 11 is 0. The van der Waals surface area contributed by atoms with Crippen molar-refractivity contribution < 1.29 is 18.4 Å². The Hall–Kier alpha value is -3.17. The molecule has 1 saturated heterocycles. The standard InChI is InChI=1S/C21H22FN5O3/c1-29-13-19(28)24-18-9-6-15(11-23-18)20-25-21(30-26-20)17-3-2-10-27(17)12-14-4-7-16(22)8-5-14/h4-9,11,17H,2-3,10,12-13H2,1H3,(H,23,24,28)/t17-/m1/s1. The first-order valence-corrected chi connectivity index (χ1v) is 9.69.